The van der Waals surface area contributed by atoms with Gasteiger partial charge in [-0.25, -0.2) is 9.18 Å². The standard InChI is InChI=1S/C27H27FO3/c1-26-12-10-21-20-9-7-19(29)14-17(20)4-8-22(21)24(26)11-13-27(26)15-23(25(30)31-27)16-2-5-18(28)6-3-16/h2-3,5-7,9,14-15,21-22,24,29H,4,8,10-13H2,1H3/t21?,22?,24?,26-,27+/m0/s1. The predicted molar refractivity (Wildman–Crippen MR) is 116 cm³/mol. The van der Waals surface area contributed by atoms with Crippen LogP contribution in [0.25, 0.3) is 5.57 Å². The van der Waals surface area contributed by atoms with Crippen LogP contribution < -0.4 is 0 Å². The quantitative estimate of drug-likeness (QED) is 0.599. The van der Waals surface area contributed by atoms with E-state index in [0.29, 0.717) is 29.1 Å². The predicted octanol–water partition coefficient (Wildman–Crippen LogP) is 5.77. The van der Waals surface area contributed by atoms with Gasteiger partial charge in [0, 0.05) is 5.41 Å². The molecular formula is C27H27FO3. The zero-order valence-electron chi connectivity index (χ0n) is 17.7. The summed E-state index contributed by atoms with van der Waals surface area (Å²) < 4.78 is 19.6. The fourth-order valence-corrected chi connectivity index (χ4v) is 7.38. The second-order valence-corrected chi connectivity index (χ2v) is 10.1. The van der Waals surface area contributed by atoms with Gasteiger partial charge in [0.05, 0.1) is 5.57 Å². The van der Waals surface area contributed by atoms with Crippen molar-refractivity contribution in [2.75, 3.05) is 0 Å². The number of phenolic OH excluding ortho intramolecular Hbond substituents is 1. The Hall–Kier alpha value is -2.62. The fraction of sp³-hybridized carbons (Fsp3) is 0.444. The summed E-state index contributed by atoms with van der Waals surface area (Å²) in [6.45, 7) is 2.32. The number of ether oxygens (including phenoxy) is 1. The molecule has 4 heteroatoms. The lowest BCUT2D eigenvalue weighted by atomic mass is 9.53. The van der Waals surface area contributed by atoms with Crippen LogP contribution in [0.3, 0.4) is 0 Å². The summed E-state index contributed by atoms with van der Waals surface area (Å²) in [4.78, 5) is 12.9. The van der Waals surface area contributed by atoms with Crippen LogP contribution in [0.2, 0.25) is 0 Å². The van der Waals surface area contributed by atoms with Crippen molar-refractivity contribution in [3.05, 3.63) is 71.0 Å². The van der Waals surface area contributed by atoms with Crippen LogP contribution in [0, 0.1) is 23.1 Å². The molecule has 3 aliphatic carbocycles. The zero-order chi connectivity index (χ0) is 21.4. The number of aryl methyl sites for hydroxylation is 1. The Labute approximate surface area is 181 Å². The first kappa shape index (κ1) is 19.1. The Kier molecular flexibility index (Phi) is 3.97. The number of hydrogen-bond donors (Lipinski definition) is 1. The summed E-state index contributed by atoms with van der Waals surface area (Å²) in [5, 5.41) is 9.90. The number of carbonyl (C=O) groups excluding carboxylic acids is 1. The van der Waals surface area contributed by atoms with E-state index in [1.54, 1.807) is 12.1 Å². The van der Waals surface area contributed by atoms with Crippen molar-refractivity contribution in [1.29, 1.82) is 0 Å². The smallest absolute Gasteiger partial charge is 0.339 e. The maximum Gasteiger partial charge on any atom is 0.339 e. The van der Waals surface area contributed by atoms with Gasteiger partial charge in [-0.05, 0) is 103 Å². The molecule has 3 nitrogen and oxygen atoms in total. The second-order valence-electron chi connectivity index (χ2n) is 10.1. The molecule has 0 amide bonds. The van der Waals surface area contributed by atoms with Crippen molar-refractivity contribution in [2.24, 2.45) is 17.3 Å². The van der Waals surface area contributed by atoms with Gasteiger partial charge >= 0.3 is 5.97 Å². The van der Waals surface area contributed by atoms with Gasteiger partial charge < -0.3 is 9.84 Å². The van der Waals surface area contributed by atoms with Crippen molar-refractivity contribution in [3.8, 4) is 5.75 Å². The topological polar surface area (TPSA) is 46.5 Å². The van der Waals surface area contributed by atoms with E-state index < -0.39 is 5.60 Å². The van der Waals surface area contributed by atoms with Gasteiger partial charge in [-0.15, -0.1) is 0 Å². The molecule has 1 spiro atoms. The molecule has 1 heterocycles. The maximum atomic E-state index is 13.4. The molecule has 2 aromatic rings. The molecule has 2 fully saturated rings. The summed E-state index contributed by atoms with van der Waals surface area (Å²) in [6.07, 6.45) is 8.20. The Morgan fingerprint density at radius 3 is 2.68 bits per heavy atom. The number of aromatic hydroxyl groups is 1. The molecule has 2 saturated carbocycles. The summed E-state index contributed by atoms with van der Waals surface area (Å²) >= 11 is 0. The van der Waals surface area contributed by atoms with Crippen molar-refractivity contribution in [1.82, 2.24) is 0 Å². The normalized spacial score (nSPS) is 35.9. The number of fused-ring (bicyclic) bond motifs is 6. The van der Waals surface area contributed by atoms with Crippen LogP contribution in [0.4, 0.5) is 4.39 Å². The average Bonchev–Trinajstić information content (AvgIpc) is 3.25. The maximum absolute atomic E-state index is 13.4. The van der Waals surface area contributed by atoms with Gasteiger partial charge in [-0.3, -0.25) is 0 Å². The highest BCUT2D eigenvalue weighted by Crippen LogP contribution is 2.67. The third-order valence-electron chi connectivity index (χ3n) is 8.92. The summed E-state index contributed by atoms with van der Waals surface area (Å²) in [5.41, 5.74) is 3.37. The lowest BCUT2D eigenvalue weighted by molar-refractivity contribution is -0.158. The lowest BCUT2D eigenvalue weighted by Gasteiger charge is -2.52. The Balaban J connectivity index is 1.36. The second kappa shape index (κ2) is 6.44. The first-order valence-corrected chi connectivity index (χ1v) is 11.4. The van der Waals surface area contributed by atoms with E-state index in [-0.39, 0.29) is 17.2 Å². The molecule has 0 radical (unpaired) electrons. The average molecular weight is 419 g/mol. The zero-order valence-corrected chi connectivity index (χ0v) is 17.7. The van der Waals surface area contributed by atoms with E-state index in [4.69, 9.17) is 4.74 Å². The SMILES string of the molecule is C[C@]12CCC3c4ccc(O)cc4CCC3C1CC[C@@]21C=C(c2ccc(F)cc2)C(=O)O1. The number of halogens is 1. The van der Waals surface area contributed by atoms with Crippen molar-refractivity contribution < 1.29 is 19.0 Å². The van der Waals surface area contributed by atoms with Crippen LogP contribution in [0.5, 0.6) is 5.75 Å². The summed E-state index contributed by atoms with van der Waals surface area (Å²) in [5.74, 6) is 1.38. The molecule has 0 saturated heterocycles. The van der Waals surface area contributed by atoms with Crippen LogP contribution in [0.1, 0.15) is 61.6 Å². The summed E-state index contributed by atoms with van der Waals surface area (Å²) in [6, 6.07) is 12.0. The molecule has 31 heavy (non-hydrogen) atoms. The number of carbonyl (C=O) groups is 1. The fourth-order valence-electron chi connectivity index (χ4n) is 7.38. The minimum Gasteiger partial charge on any atom is -0.508 e. The molecule has 1 aliphatic heterocycles. The third kappa shape index (κ3) is 2.60. The first-order chi connectivity index (χ1) is 14.9. The molecule has 3 unspecified atom stereocenters. The number of benzene rings is 2. The number of phenols is 1. The Morgan fingerprint density at radius 1 is 1.06 bits per heavy atom. The number of esters is 1. The van der Waals surface area contributed by atoms with Gasteiger partial charge in [0.25, 0.3) is 0 Å². The molecule has 0 bridgehead atoms. The molecule has 160 valence electrons. The van der Waals surface area contributed by atoms with Gasteiger partial charge in [-0.1, -0.05) is 25.1 Å². The Morgan fingerprint density at radius 2 is 1.87 bits per heavy atom. The molecule has 5 atom stereocenters. The van der Waals surface area contributed by atoms with Gasteiger partial charge in [-0.2, -0.15) is 0 Å². The van der Waals surface area contributed by atoms with Crippen LogP contribution in [0.15, 0.2) is 48.5 Å². The molecule has 0 aromatic heterocycles. The molecule has 4 aliphatic rings. The van der Waals surface area contributed by atoms with E-state index in [1.807, 2.05) is 12.1 Å². The lowest BCUT2D eigenvalue weighted by Crippen LogP contribution is -2.50. The van der Waals surface area contributed by atoms with E-state index in [2.05, 4.69) is 19.1 Å². The Bertz CT molecular complexity index is 1100. The number of rotatable bonds is 1. The van der Waals surface area contributed by atoms with E-state index in [0.717, 1.165) is 44.1 Å². The molecule has 2 aromatic carbocycles. The molecular weight excluding hydrogens is 391 g/mol. The van der Waals surface area contributed by atoms with Crippen molar-refractivity contribution in [2.45, 2.75) is 57.0 Å². The van der Waals surface area contributed by atoms with E-state index in [1.165, 1.54) is 23.3 Å². The molecule has 6 rings (SSSR count). The van der Waals surface area contributed by atoms with E-state index in [9.17, 15) is 14.3 Å². The highest BCUT2D eigenvalue weighted by Gasteiger charge is 2.65. The van der Waals surface area contributed by atoms with Gasteiger partial charge in [0.15, 0.2) is 0 Å². The largest absolute Gasteiger partial charge is 0.508 e. The van der Waals surface area contributed by atoms with Crippen molar-refractivity contribution >= 4 is 11.5 Å². The highest BCUT2D eigenvalue weighted by molar-refractivity contribution is 6.18. The minimum absolute atomic E-state index is 0.0833. The number of hydrogen-bond acceptors (Lipinski definition) is 3. The highest BCUT2D eigenvalue weighted by atomic mass is 19.1. The minimum atomic E-state index is -0.557. The van der Waals surface area contributed by atoms with Crippen LogP contribution in [-0.4, -0.2) is 16.7 Å². The van der Waals surface area contributed by atoms with Crippen molar-refractivity contribution in [3.63, 3.8) is 0 Å². The third-order valence-corrected chi connectivity index (χ3v) is 8.92. The summed E-state index contributed by atoms with van der Waals surface area (Å²) in [7, 11) is 0. The van der Waals surface area contributed by atoms with Crippen LogP contribution in [-0.2, 0) is 16.0 Å². The van der Waals surface area contributed by atoms with E-state index >= 15 is 0 Å². The van der Waals surface area contributed by atoms with Gasteiger partial charge in [0.2, 0.25) is 0 Å². The monoisotopic (exact) mass is 418 g/mol. The van der Waals surface area contributed by atoms with Gasteiger partial charge in [0.1, 0.15) is 17.2 Å². The first-order valence-electron chi connectivity index (χ1n) is 11.4. The van der Waals surface area contributed by atoms with Crippen LogP contribution >= 0.6 is 0 Å². The molecule has 1 N–H and O–H groups in total.